The quantitative estimate of drug-likeness (QED) is 0.821. The summed E-state index contributed by atoms with van der Waals surface area (Å²) in [6.07, 6.45) is 3.66. The molecular formula is C14H25NO3. The van der Waals surface area contributed by atoms with E-state index in [1.807, 2.05) is 6.92 Å². The predicted molar refractivity (Wildman–Crippen MR) is 69.6 cm³/mol. The molecule has 0 spiro atoms. The third-order valence-electron chi connectivity index (χ3n) is 4.61. The summed E-state index contributed by atoms with van der Waals surface area (Å²) in [5.41, 5.74) is -0.548. The molecule has 0 aliphatic carbocycles. The van der Waals surface area contributed by atoms with Gasteiger partial charge in [-0.25, -0.2) is 0 Å². The Morgan fingerprint density at radius 3 is 2.39 bits per heavy atom. The number of carboxylic acid groups (broad SMARTS) is 1. The molecule has 4 nitrogen and oxygen atoms in total. The first-order chi connectivity index (χ1) is 8.32. The molecule has 1 N–H and O–H groups in total. The van der Waals surface area contributed by atoms with Gasteiger partial charge in [-0.3, -0.25) is 4.79 Å². The molecule has 1 atom stereocenters. The van der Waals surface area contributed by atoms with Crippen LogP contribution >= 0.6 is 0 Å². The van der Waals surface area contributed by atoms with Crippen LogP contribution in [0.4, 0.5) is 0 Å². The molecule has 2 aliphatic rings. The maximum atomic E-state index is 11.2. The van der Waals surface area contributed by atoms with E-state index in [9.17, 15) is 9.90 Å². The molecule has 0 amide bonds. The van der Waals surface area contributed by atoms with Gasteiger partial charge < -0.3 is 14.7 Å². The van der Waals surface area contributed by atoms with E-state index in [-0.39, 0.29) is 5.60 Å². The van der Waals surface area contributed by atoms with Gasteiger partial charge in [0, 0.05) is 12.6 Å². The summed E-state index contributed by atoms with van der Waals surface area (Å²) in [5.74, 6) is -0.644. The zero-order chi connectivity index (χ0) is 13.4. The maximum absolute atomic E-state index is 11.2. The van der Waals surface area contributed by atoms with Gasteiger partial charge in [0.15, 0.2) is 0 Å². The number of nitrogens with zero attached hydrogens (tertiary/aromatic N) is 1. The molecule has 2 aliphatic heterocycles. The average Bonchev–Trinajstić information content (AvgIpc) is 2.28. The minimum Gasteiger partial charge on any atom is -0.481 e. The molecule has 18 heavy (non-hydrogen) atoms. The highest BCUT2D eigenvalue weighted by Gasteiger charge is 2.40. The fraction of sp³-hybridized carbons (Fsp3) is 0.929. The summed E-state index contributed by atoms with van der Waals surface area (Å²) in [6.45, 7) is 8.80. The molecule has 104 valence electrons. The highest BCUT2D eigenvalue weighted by atomic mass is 16.5. The maximum Gasteiger partial charge on any atom is 0.309 e. The van der Waals surface area contributed by atoms with Gasteiger partial charge in [-0.1, -0.05) is 0 Å². The summed E-state index contributed by atoms with van der Waals surface area (Å²) in [6, 6.07) is 0.562. The van der Waals surface area contributed by atoms with Crippen LogP contribution < -0.4 is 0 Å². The van der Waals surface area contributed by atoms with E-state index < -0.39 is 11.4 Å². The number of rotatable bonds is 2. The number of hydrogen-bond donors (Lipinski definition) is 1. The normalized spacial score (nSPS) is 32.1. The van der Waals surface area contributed by atoms with Crippen LogP contribution in [0.5, 0.6) is 0 Å². The van der Waals surface area contributed by atoms with Crippen LogP contribution in [-0.4, -0.2) is 47.3 Å². The second kappa shape index (κ2) is 4.82. The third-order valence-corrected chi connectivity index (χ3v) is 4.61. The van der Waals surface area contributed by atoms with Crippen LogP contribution in [0.2, 0.25) is 0 Å². The molecule has 0 bridgehead atoms. The van der Waals surface area contributed by atoms with Crippen molar-refractivity contribution < 1.29 is 14.6 Å². The number of carbonyl (C=O) groups is 1. The van der Waals surface area contributed by atoms with Crippen LogP contribution in [0.3, 0.4) is 0 Å². The largest absolute Gasteiger partial charge is 0.481 e. The van der Waals surface area contributed by atoms with E-state index in [0.29, 0.717) is 6.04 Å². The van der Waals surface area contributed by atoms with Gasteiger partial charge in [-0.05, 0) is 59.5 Å². The number of hydrogen-bond acceptors (Lipinski definition) is 3. The Morgan fingerprint density at radius 2 is 1.89 bits per heavy atom. The van der Waals surface area contributed by atoms with Crippen LogP contribution in [-0.2, 0) is 9.53 Å². The van der Waals surface area contributed by atoms with Gasteiger partial charge in [0.05, 0.1) is 11.0 Å². The Hall–Kier alpha value is -0.610. The van der Waals surface area contributed by atoms with Crippen molar-refractivity contribution in [3.63, 3.8) is 0 Å². The first-order valence-electron chi connectivity index (χ1n) is 6.94. The number of piperidine rings is 1. The van der Waals surface area contributed by atoms with E-state index in [1.165, 1.54) is 0 Å². The lowest BCUT2D eigenvalue weighted by Crippen LogP contribution is -2.51. The van der Waals surface area contributed by atoms with Crippen LogP contribution in [0, 0.1) is 5.41 Å². The van der Waals surface area contributed by atoms with Crippen molar-refractivity contribution in [3.8, 4) is 0 Å². The number of ether oxygens (including phenoxy) is 1. The fourth-order valence-corrected chi connectivity index (χ4v) is 3.11. The molecule has 0 aromatic heterocycles. The van der Waals surface area contributed by atoms with E-state index in [0.717, 1.165) is 45.4 Å². The van der Waals surface area contributed by atoms with Crippen LogP contribution in [0.25, 0.3) is 0 Å². The van der Waals surface area contributed by atoms with Gasteiger partial charge in [0.1, 0.15) is 0 Å². The third kappa shape index (κ3) is 2.86. The van der Waals surface area contributed by atoms with E-state index in [1.54, 1.807) is 0 Å². The Kier molecular flexibility index (Phi) is 3.70. The minimum absolute atomic E-state index is 0.0313. The number of carboxylic acids is 1. The molecule has 0 aromatic rings. The zero-order valence-corrected chi connectivity index (χ0v) is 11.7. The highest BCUT2D eigenvalue weighted by Crippen LogP contribution is 2.35. The van der Waals surface area contributed by atoms with Crippen molar-refractivity contribution >= 4 is 5.97 Å². The second-order valence-electron chi connectivity index (χ2n) is 6.66. The van der Waals surface area contributed by atoms with Gasteiger partial charge in [-0.15, -0.1) is 0 Å². The molecule has 4 heteroatoms. The molecule has 2 rings (SSSR count). The van der Waals surface area contributed by atoms with E-state index >= 15 is 0 Å². The summed E-state index contributed by atoms with van der Waals surface area (Å²) in [5, 5.41) is 9.24. The molecule has 2 heterocycles. The van der Waals surface area contributed by atoms with Crippen molar-refractivity contribution in [1.29, 1.82) is 0 Å². The smallest absolute Gasteiger partial charge is 0.309 e. The van der Waals surface area contributed by atoms with Gasteiger partial charge >= 0.3 is 5.97 Å². The molecular weight excluding hydrogens is 230 g/mol. The van der Waals surface area contributed by atoms with Crippen molar-refractivity contribution in [2.75, 3.05) is 19.7 Å². The first kappa shape index (κ1) is 13.8. The zero-order valence-electron chi connectivity index (χ0n) is 11.7. The topological polar surface area (TPSA) is 49.8 Å². The van der Waals surface area contributed by atoms with Crippen molar-refractivity contribution in [2.24, 2.45) is 5.41 Å². The lowest BCUT2D eigenvalue weighted by molar-refractivity contribution is -0.152. The SMILES string of the molecule is CC1(C)CC(N2CCC(C)(C(=O)O)CC2)CCO1. The Balaban J connectivity index is 1.92. The lowest BCUT2D eigenvalue weighted by Gasteiger charge is -2.45. The summed E-state index contributed by atoms with van der Waals surface area (Å²) < 4.78 is 5.74. The Labute approximate surface area is 109 Å². The van der Waals surface area contributed by atoms with E-state index in [4.69, 9.17) is 4.74 Å². The first-order valence-corrected chi connectivity index (χ1v) is 6.94. The van der Waals surface area contributed by atoms with E-state index in [2.05, 4.69) is 18.7 Å². The Bertz CT molecular complexity index is 319. The monoisotopic (exact) mass is 255 g/mol. The number of likely N-dealkylation sites (tertiary alicyclic amines) is 1. The molecule has 2 fully saturated rings. The summed E-state index contributed by atoms with van der Waals surface area (Å²) in [7, 11) is 0. The van der Waals surface area contributed by atoms with Crippen molar-refractivity contribution in [3.05, 3.63) is 0 Å². The van der Waals surface area contributed by atoms with Crippen molar-refractivity contribution in [1.82, 2.24) is 4.90 Å². The predicted octanol–water partition coefficient (Wildman–Crippen LogP) is 2.13. The van der Waals surface area contributed by atoms with Crippen LogP contribution in [0.1, 0.15) is 46.5 Å². The molecule has 0 aromatic carbocycles. The molecule has 1 unspecified atom stereocenters. The lowest BCUT2D eigenvalue weighted by atomic mass is 9.79. The summed E-state index contributed by atoms with van der Waals surface area (Å²) >= 11 is 0. The highest BCUT2D eigenvalue weighted by molar-refractivity contribution is 5.74. The molecule has 0 radical (unpaired) electrons. The summed E-state index contributed by atoms with van der Waals surface area (Å²) in [4.78, 5) is 13.7. The van der Waals surface area contributed by atoms with Gasteiger partial charge in [0.25, 0.3) is 0 Å². The van der Waals surface area contributed by atoms with Crippen LogP contribution in [0.15, 0.2) is 0 Å². The van der Waals surface area contributed by atoms with Gasteiger partial charge in [-0.2, -0.15) is 0 Å². The second-order valence-corrected chi connectivity index (χ2v) is 6.66. The molecule has 2 saturated heterocycles. The van der Waals surface area contributed by atoms with Crippen molar-refractivity contribution in [2.45, 2.75) is 58.1 Å². The number of aliphatic carboxylic acids is 1. The van der Waals surface area contributed by atoms with Gasteiger partial charge in [0.2, 0.25) is 0 Å². The minimum atomic E-state index is -0.644. The Morgan fingerprint density at radius 1 is 1.28 bits per heavy atom. The fourth-order valence-electron chi connectivity index (χ4n) is 3.11. The average molecular weight is 255 g/mol. The standard InChI is InChI=1S/C14H25NO3/c1-13(2)10-11(4-9-18-13)15-7-5-14(3,6-8-15)12(16)17/h11H,4-10H2,1-3H3,(H,16,17). The molecule has 0 saturated carbocycles.